The molecule has 0 aliphatic carbocycles. The third kappa shape index (κ3) is 4.09. The highest BCUT2D eigenvalue weighted by atomic mass is 32.2. The number of sulfonamides is 1. The van der Waals surface area contributed by atoms with Crippen LogP contribution in [0.25, 0.3) is 0 Å². The van der Waals surface area contributed by atoms with Crippen LogP contribution in [-0.4, -0.2) is 54.7 Å². The van der Waals surface area contributed by atoms with E-state index >= 15 is 0 Å². The zero-order valence-corrected chi connectivity index (χ0v) is 16.6. The topological polar surface area (TPSA) is 66.7 Å². The average Bonchev–Trinajstić information content (AvgIpc) is 3.12. The number of aromatic nitrogens is 1. The van der Waals surface area contributed by atoms with E-state index in [1.807, 2.05) is 20.8 Å². The Morgan fingerprint density at radius 2 is 2.00 bits per heavy atom. The molecule has 25 heavy (non-hydrogen) atoms. The molecule has 1 atom stereocenters. The Balaban J connectivity index is 1.65. The number of hydrogen-bond acceptors (Lipinski definition) is 5. The third-order valence-electron chi connectivity index (χ3n) is 5.86. The summed E-state index contributed by atoms with van der Waals surface area (Å²) in [6, 6.07) is 0. The molecule has 0 saturated carbocycles. The fraction of sp³-hybridized carbons (Fsp3) is 0.833. The Morgan fingerprint density at radius 3 is 2.68 bits per heavy atom. The SMILES string of the molecule is CCCCS(=O)(=O)N1CC[C@]2(CCCN(Cc3c(C)noc3C)C2)C1. The highest BCUT2D eigenvalue weighted by Crippen LogP contribution is 2.40. The molecule has 142 valence electrons. The molecule has 2 saturated heterocycles. The predicted molar refractivity (Wildman–Crippen MR) is 97.8 cm³/mol. The Bertz CT molecular complexity index is 681. The van der Waals surface area contributed by atoms with Gasteiger partial charge in [-0.05, 0) is 51.5 Å². The van der Waals surface area contributed by atoms with Crippen LogP contribution < -0.4 is 0 Å². The normalized spacial score (nSPS) is 25.9. The van der Waals surface area contributed by atoms with Crippen LogP contribution in [0.4, 0.5) is 0 Å². The maximum Gasteiger partial charge on any atom is 0.214 e. The van der Waals surface area contributed by atoms with Crippen LogP contribution in [-0.2, 0) is 16.6 Å². The van der Waals surface area contributed by atoms with Gasteiger partial charge in [0.2, 0.25) is 10.0 Å². The van der Waals surface area contributed by atoms with Gasteiger partial charge in [0.25, 0.3) is 0 Å². The van der Waals surface area contributed by atoms with E-state index in [0.29, 0.717) is 18.8 Å². The Hall–Kier alpha value is -0.920. The van der Waals surface area contributed by atoms with Crippen LogP contribution >= 0.6 is 0 Å². The van der Waals surface area contributed by atoms with Gasteiger partial charge in [0.05, 0.1) is 11.4 Å². The van der Waals surface area contributed by atoms with Gasteiger partial charge >= 0.3 is 0 Å². The molecule has 0 amide bonds. The number of nitrogens with zero attached hydrogens (tertiary/aromatic N) is 3. The van der Waals surface area contributed by atoms with Crippen molar-refractivity contribution >= 4 is 10.0 Å². The first-order valence-corrected chi connectivity index (χ1v) is 11.1. The summed E-state index contributed by atoms with van der Waals surface area (Å²) in [4.78, 5) is 2.46. The summed E-state index contributed by atoms with van der Waals surface area (Å²) < 4.78 is 32.1. The largest absolute Gasteiger partial charge is 0.361 e. The molecule has 3 rings (SSSR count). The van der Waals surface area contributed by atoms with E-state index < -0.39 is 10.0 Å². The van der Waals surface area contributed by atoms with Crippen molar-refractivity contribution in [3.05, 3.63) is 17.0 Å². The van der Waals surface area contributed by atoms with Gasteiger partial charge in [-0.15, -0.1) is 0 Å². The molecule has 3 heterocycles. The first-order valence-electron chi connectivity index (χ1n) is 9.47. The molecule has 7 heteroatoms. The maximum atomic E-state index is 12.5. The van der Waals surface area contributed by atoms with Crippen LogP contribution in [0.15, 0.2) is 4.52 Å². The first-order chi connectivity index (χ1) is 11.9. The summed E-state index contributed by atoms with van der Waals surface area (Å²) >= 11 is 0. The summed E-state index contributed by atoms with van der Waals surface area (Å²) in [7, 11) is -3.09. The second kappa shape index (κ2) is 7.37. The fourth-order valence-electron chi connectivity index (χ4n) is 4.32. The molecular formula is C18H31N3O3S. The van der Waals surface area contributed by atoms with E-state index in [1.165, 1.54) is 5.56 Å². The molecule has 2 fully saturated rings. The zero-order valence-electron chi connectivity index (χ0n) is 15.8. The number of hydrogen-bond donors (Lipinski definition) is 0. The van der Waals surface area contributed by atoms with Gasteiger partial charge in [0.1, 0.15) is 5.76 Å². The van der Waals surface area contributed by atoms with E-state index in [-0.39, 0.29) is 5.41 Å². The summed E-state index contributed by atoms with van der Waals surface area (Å²) in [5.41, 5.74) is 2.27. The van der Waals surface area contributed by atoms with Crippen molar-refractivity contribution in [2.45, 2.75) is 59.4 Å². The molecule has 6 nitrogen and oxygen atoms in total. The highest BCUT2D eigenvalue weighted by molar-refractivity contribution is 7.89. The quantitative estimate of drug-likeness (QED) is 0.771. The lowest BCUT2D eigenvalue weighted by Crippen LogP contribution is -2.45. The molecule has 1 spiro atoms. The average molecular weight is 370 g/mol. The first kappa shape index (κ1) is 18.9. The molecule has 1 aromatic heterocycles. The summed E-state index contributed by atoms with van der Waals surface area (Å²) in [6.07, 6.45) is 4.92. The van der Waals surface area contributed by atoms with Gasteiger partial charge in [-0.1, -0.05) is 18.5 Å². The van der Waals surface area contributed by atoms with Crippen LogP contribution in [0, 0.1) is 19.3 Å². The van der Waals surface area contributed by atoms with Crippen molar-refractivity contribution in [1.29, 1.82) is 0 Å². The van der Waals surface area contributed by atoms with Crippen molar-refractivity contribution in [1.82, 2.24) is 14.4 Å². The maximum absolute atomic E-state index is 12.5. The number of likely N-dealkylation sites (tertiary alicyclic amines) is 1. The van der Waals surface area contributed by atoms with E-state index in [2.05, 4.69) is 10.1 Å². The monoisotopic (exact) mass is 369 g/mol. The summed E-state index contributed by atoms with van der Waals surface area (Å²) in [6.45, 7) is 10.3. The smallest absolute Gasteiger partial charge is 0.214 e. The number of piperidine rings is 1. The van der Waals surface area contributed by atoms with Crippen molar-refractivity contribution < 1.29 is 12.9 Å². The van der Waals surface area contributed by atoms with Gasteiger partial charge in [0.15, 0.2) is 0 Å². The lowest BCUT2D eigenvalue weighted by atomic mass is 9.79. The standard InChI is InChI=1S/C18H31N3O3S/c1-4-5-11-25(22,23)21-10-8-18(14-21)7-6-9-20(13-18)12-17-15(2)19-24-16(17)3/h4-14H2,1-3H3/t18-/m0/s1. The van der Waals surface area contributed by atoms with E-state index in [0.717, 1.165) is 63.2 Å². The van der Waals surface area contributed by atoms with Crippen LogP contribution in [0.2, 0.25) is 0 Å². The molecule has 2 aliphatic rings. The molecule has 0 aromatic carbocycles. The minimum Gasteiger partial charge on any atom is -0.361 e. The molecular weight excluding hydrogens is 338 g/mol. The van der Waals surface area contributed by atoms with E-state index in [4.69, 9.17) is 4.52 Å². The van der Waals surface area contributed by atoms with Gasteiger partial charge < -0.3 is 4.52 Å². The summed E-state index contributed by atoms with van der Waals surface area (Å²) in [5, 5.41) is 4.05. The highest BCUT2D eigenvalue weighted by Gasteiger charge is 2.44. The van der Waals surface area contributed by atoms with Crippen molar-refractivity contribution in [3.63, 3.8) is 0 Å². The number of aryl methyl sites for hydroxylation is 2. The van der Waals surface area contributed by atoms with Crippen molar-refractivity contribution in [2.24, 2.45) is 5.41 Å². The second-order valence-electron chi connectivity index (χ2n) is 7.87. The molecule has 0 N–H and O–H groups in total. The Morgan fingerprint density at radius 1 is 1.20 bits per heavy atom. The van der Waals surface area contributed by atoms with Crippen molar-refractivity contribution in [2.75, 3.05) is 31.9 Å². The molecule has 0 unspecified atom stereocenters. The van der Waals surface area contributed by atoms with E-state index in [1.54, 1.807) is 4.31 Å². The van der Waals surface area contributed by atoms with Gasteiger partial charge in [-0.3, -0.25) is 4.90 Å². The Kier molecular flexibility index (Phi) is 5.56. The Labute approximate surface area is 151 Å². The minimum atomic E-state index is -3.09. The fourth-order valence-corrected chi connectivity index (χ4v) is 6.07. The minimum absolute atomic E-state index is 0.122. The zero-order chi connectivity index (χ0) is 18.1. The van der Waals surface area contributed by atoms with Crippen LogP contribution in [0.3, 0.4) is 0 Å². The second-order valence-corrected chi connectivity index (χ2v) is 9.96. The van der Waals surface area contributed by atoms with Crippen LogP contribution in [0.1, 0.15) is 56.0 Å². The predicted octanol–water partition coefficient (Wildman–Crippen LogP) is 2.71. The van der Waals surface area contributed by atoms with E-state index in [9.17, 15) is 8.42 Å². The molecule has 1 aromatic rings. The van der Waals surface area contributed by atoms with Crippen molar-refractivity contribution in [3.8, 4) is 0 Å². The number of rotatable bonds is 6. The van der Waals surface area contributed by atoms with Gasteiger partial charge in [-0.2, -0.15) is 0 Å². The van der Waals surface area contributed by atoms with Gasteiger partial charge in [0, 0.05) is 31.7 Å². The molecule has 0 radical (unpaired) electrons. The van der Waals surface area contributed by atoms with Crippen LogP contribution in [0.5, 0.6) is 0 Å². The van der Waals surface area contributed by atoms with Gasteiger partial charge in [-0.25, -0.2) is 12.7 Å². The molecule has 2 aliphatic heterocycles. The lowest BCUT2D eigenvalue weighted by molar-refractivity contribution is 0.0930. The molecule has 0 bridgehead atoms. The third-order valence-corrected chi connectivity index (χ3v) is 7.76. The lowest BCUT2D eigenvalue weighted by Gasteiger charge is -2.40. The number of unbranched alkanes of at least 4 members (excludes halogenated alkanes) is 1. The summed E-state index contributed by atoms with van der Waals surface area (Å²) in [5.74, 6) is 1.19.